The molecule has 0 aliphatic carbocycles. The molecule has 0 radical (unpaired) electrons. The standard InChI is InChI=1S/C28H32N6O3/c29-20-22-18-21(4-5-27(22)37-25-7-14-35-15-8-25)26-6-9-31-28(33-26)32-24-3-1-2-23(19-24)30-10-11-34-12-16-36-17-13-34/h1-6,9,18-19,25,30H,7-8,10-17H2,(H,31,32,33). The van der Waals surface area contributed by atoms with Crippen LogP contribution in [-0.4, -0.2) is 73.6 Å². The van der Waals surface area contributed by atoms with Crippen LogP contribution in [0.1, 0.15) is 18.4 Å². The predicted octanol–water partition coefficient (Wildman–Crippen LogP) is 4.06. The van der Waals surface area contributed by atoms with Gasteiger partial charge in [-0.2, -0.15) is 5.26 Å². The van der Waals surface area contributed by atoms with E-state index in [0.717, 1.165) is 74.9 Å². The van der Waals surface area contributed by atoms with E-state index in [1.54, 1.807) is 6.20 Å². The molecule has 2 fully saturated rings. The summed E-state index contributed by atoms with van der Waals surface area (Å²) < 4.78 is 16.9. The first kappa shape index (κ1) is 25.0. The Morgan fingerprint density at radius 2 is 1.81 bits per heavy atom. The van der Waals surface area contributed by atoms with E-state index in [-0.39, 0.29) is 6.10 Å². The summed E-state index contributed by atoms with van der Waals surface area (Å²) in [6.45, 7) is 6.82. The SMILES string of the molecule is N#Cc1cc(-c2ccnc(Nc3cccc(NCCN4CCOCC4)c3)n2)ccc1OC1CCOCC1. The summed E-state index contributed by atoms with van der Waals surface area (Å²) >= 11 is 0. The number of ether oxygens (including phenoxy) is 3. The van der Waals surface area contributed by atoms with Gasteiger partial charge in [0.2, 0.25) is 5.95 Å². The lowest BCUT2D eigenvalue weighted by Gasteiger charge is -2.26. The number of rotatable bonds is 9. The highest BCUT2D eigenvalue weighted by Gasteiger charge is 2.17. The van der Waals surface area contributed by atoms with Gasteiger partial charge in [0.25, 0.3) is 0 Å². The van der Waals surface area contributed by atoms with Gasteiger partial charge in [-0.3, -0.25) is 4.90 Å². The van der Waals surface area contributed by atoms with Crippen LogP contribution in [0.5, 0.6) is 5.75 Å². The second-order valence-electron chi connectivity index (χ2n) is 9.10. The van der Waals surface area contributed by atoms with Crippen LogP contribution in [0.15, 0.2) is 54.7 Å². The van der Waals surface area contributed by atoms with Crippen LogP contribution in [0.2, 0.25) is 0 Å². The van der Waals surface area contributed by atoms with Crippen LogP contribution in [0.4, 0.5) is 17.3 Å². The Hall–Kier alpha value is -3.71. The lowest BCUT2D eigenvalue weighted by Crippen LogP contribution is -2.38. The molecule has 9 heteroatoms. The second kappa shape index (κ2) is 12.5. The van der Waals surface area contributed by atoms with Crippen molar-refractivity contribution in [2.45, 2.75) is 18.9 Å². The molecule has 0 saturated carbocycles. The summed E-state index contributed by atoms with van der Waals surface area (Å²) in [7, 11) is 0. The average Bonchev–Trinajstić information content (AvgIpc) is 2.95. The fraction of sp³-hybridized carbons (Fsp3) is 0.393. The third-order valence-corrected chi connectivity index (χ3v) is 6.49. The van der Waals surface area contributed by atoms with Crippen LogP contribution in [-0.2, 0) is 9.47 Å². The highest BCUT2D eigenvalue weighted by atomic mass is 16.5. The van der Waals surface area contributed by atoms with Crippen LogP contribution in [0.3, 0.4) is 0 Å². The minimum Gasteiger partial charge on any atom is -0.489 e. The molecule has 0 unspecified atom stereocenters. The largest absolute Gasteiger partial charge is 0.489 e. The number of hydrogen-bond donors (Lipinski definition) is 2. The summed E-state index contributed by atoms with van der Waals surface area (Å²) in [6, 6.07) is 17.8. The smallest absolute Gasteiger partial charge is 0.227 e. The number of nitrogens with one attached hydrogen (secondary N) is 2. The second-order valence-corrected chi connectivity index (χ2v) is 9.10. The highest BCUT2D eigenvalue weighted by molar-refractivity contribution is 5.66. The van der Waals surface area contributed by atoms with E-state index in [2.05, 4.69) is 37.6 Å². The first-order chi connectivity index (χ1) is 18.3. The quantitative estimate of drug-likeness (QED) is 0.450. The molecule has 3 heterocycles. The normalized spacial score (nSPS) is 16.6. The first-order valence-electron chi connectivity index (χ1n) is 12.8. The summed E-state index contributed by atoms with van der Waals surface area (Å²) in [6.07, 6.45) is 3.45. The zero-order valence-corrected chi connectivity index (χ0v) is 20.9. The van der Waals surface area contributed by atoms with E-state index in [1.165, 1.54) is 0 Å². The highest BCUT2D eigenvalue weighted by Crippen LogP contribution is 2.28. The van der Waals surface area contributed by atoms with Crippen LogP contribution in [0, 0.1) is 11.3 Å². The van der Waals surface area contributed by atoms with Gasteiger partial charge in [0.05, 0.1) is 37.7 Å². The number of hydrogen-bond acceptors (Lipinski definition) is 9. The molecule has 3 aromatic rings. The van der Waals surface area contributed by atoms with Crippen molar-refractivity contribution in [1.29, 1.82) is 5.26 Å². The lowest BCUT2D eigenvalue weighted by molar-refractivity contribution is 0.0254. The molecule has 2 aromatic carbocycles. The molecule has 192 valence electrons. The molecule has 5 rings (SSSR count). The Bertz CT molecular complexity index is 1220. The molecule has 0 spiro atoms. The van der Waals surface area contributed by atoms with Crippen molar-refractivity contribution < 1.29 is 14.2 Å². The molecular weight excluding hydrogens is 468 g/mol. The Morgan fingerprint density at radius 1 is 1.00 bits per heavy atom. The van der Waals surface area contributed by atoms with E-state index in [4.69, 9.17) is 14.2 Å². The summed E-state index contributed by atoms with van der Waals surface area (Å²) in [4.78, 5) is 11.5. The fourth-order valence-corrected chi connectivity index (χ4v) is 4.45. The molecule has 0 atom stereocenters. The van der Waals surface area contributed by atoms with E-state index in [9.17, 15) is 5.26 Å². The third-order valence-electron chi connectivity index (χ3n) is 6.49. The maximum absolute atomic E-state index is 9.72. The molecule has 37 heavy (non-hydrogen) atoms. The number of aromatic nitrogens is 2. The van der Waals surface area contributed by atoms with Crippen molar-refractivity contribution in [3.05, 3.63) is 60.3 Å². The number of anilines is 3. The Labute approximate surface area is 217 Å². The van der Waals surface area contributed by atoms with Gasteiger partial charge in [-0.1, -0.05) is 6.07 Å². The maximum Gasteiger partial charge on any atom is 0.227 e. The van der Waals surface area contributed by atoms with Crippen LogP contribution >= 0.6 is 0 Å². The summed E-state index contributed by atoms with van der Waals surface area (Å²) in [5.41, 5.74) is 3.99. The molecule has 2 aliphatic rings. The van der Waals surface area contributed by atoms with E-state index < -0.39 is 0 Å². The molecular formula is C28H32N6O3. The van der Waals surface area contributed by atoms with Gasteiger partial charge in [0, 0.05) is 62.2 Å². The van der Waals surface area contributed by atoms with Gasteiger partial charge in [0.15, 0.2) is 0 Å². The van der Waals surface area contributed by atoms with Crippen molar-refractivity contribution in [2.24, 2.45) is 0 Å². The molecule has 9 nitrogen and oxygen atoms in total. The number of benzene rings is 2. The van der Waals surface area contributed by atoms with Gasteiger partial charge in [-0.05, 0) is 42.5 Å². The average molecular weight is 501 g/mol. The zero-order chi connectivity index (χ0) is 25.3. The van der Waals surface area contributed by atoms with Crippen molar-refractivity contribution in [3.8, 4) is 23.1 Å². The van der Waals surface area contributed by atoms with Crippen molar-refractivity contribution in [1.82, 2.24) is 14.9 Å². The lowest BCUT2D eigenvalue weighted by atomic mass is 10.1. The number of nitriles is 1. The third kappa shape index (κ3) is 6.95. The summed E-state index contributed by atoms with van der Waals surface area (Å²) in [5, 5.41) is 16.5. The fourth-order valence-electron chi connectivity index (χ4n) is 4.45. The minimum absolute atomic E-state index is 0.0752. The molecule has 0 bridgehead atoms. The molecule has 1 aromatic heterocycles. The van der Waals surface area contributed by atoms with Gasteiger partial charge >= 0.3 is 0 Å². The Balaban J connectivity index is 1.22. The topological polar surface area (TPSA) is 105 Å². The zero-order valence-electron chi connectivity index (χ0n) is 20.9. The van der Waals surface area contributed by atoms with E-state index in [0.29, 0.717) is 30.5 Å². The van der Waals surface area contributed by atoms with Gasteiger partial charge in [-0.25, -0.2) is 9.97 Å². The molecule has 0 amide bonds. The molecule has 2 aliphatic heterocycles. The van der Waals surface area contributed by atoms with Crippen molar-refractivity contribution in [2.75, 3.05) is 63.2 Å². The van der Waals surface area contributed by atoms with Crippen LogP contribution < -0.4 is 15.4 Å². The van der Waals surface area contributed by atoms with Gasteiger partial charge in [-0.15, -0.1) is 0 Å². The monoisotopic (exact) mass is 500 g/mol. The first-order valence-corrected chi connectivity index (χ1v) is 12.8. The molecule has 2 saturated heterocycles. The van der Waals surface area contributed by atoms with Crippen molar-refractivity contribution in [3.63, 3.8) is 0 Å². The van der Waals surface area contributed by atoms with Gasteiger partial charge < -0.3 is 24.8 Å². The van der Waals surface area contributed by atoms with E-state index in [1.807, 2.05) is 42.5 Å². The summed E-state index contributed by atoms with van der Waals surface area (Å²) in [5.74, 6) is 1.09. The number of nitrogens with zero attached hydrogens (tertiary/aromatic N) is 4. The van der Waals surface area contributed by atoms with Crippen LogP contribution in [0.25, 0.3) is 11.3 Å². The molecule has 2 N–H and O–H groups in total. The van der Waals surface area contributed by atoms with Gasteiger partial charge in [0.1, 0.15) is 17.9 Å². The van der Waals surface area contributed by atoms with E-state index >= 15 is 0 Å². The predicted molar refractivity (Wildman–Crippen MR) is 142 cm³/mol. The Kier molecular flexibility index (Phi) is 8.43. The van der Waals surface area contributed by atoms with Crippen molar-refractivity contribution >= 4 is 17.3 Å². The Morgan fingerprint density at radius 3 is 2.65 bits per heavy atom. The number of morpholine rings is 1. The maximum atomic E-state index is 9.72. The minimum atomic E-state index is 0.0752.